The maximum Gasteiger partial charge on any atom is 0.231 e. The smallest absolute Gasteiger partial charge is 0.231 e. The Hall–Kier alpha value is -8.48. The number of furan rings is 2. The zero-order valence-corrected chi connectivity index (χ0v) is 33.2. The highest BCUT2D eigenvalue weighted by atomic mass is 16.3. The van der Waals surface area contributed by atoms with Crippen molar-refractivity contribution in [3.8, 4) is 78.7 Å². The summed E-state index contributed by atoms with van der Waals surface area (Å²) >= 11 is 0. The van der Waals surface area contributed by atoms with Crippen LogP contribution in [0.1, 0.15) is 0 Å². The zero-order valence-electron chi connectivity index (χ0n) is 33.2. The van der Waals surface area contributed by atoms with Gasteiger partial charge in [-0.05, 0) is 45.5 Å². The van der Waals surface area contributed by atoms with Gasteiger partial charge >= 0.3 is 0 Å². The molecule has 4 aromatic heterocycles. The molecule has 6 heteroatoms. The monoisotopic (exact) mass is 794 g/mol. The molecule has 0 aliphatic carbocycles. The SMILES string of the molecule is c1ccc(-c2ccc(-c3nc(-c4ccc(-c5ccc(-c6nc(-c7ccc(-c8ccccc8)cc7)c7c(n6)oc6ccccc67)cc5)cc4)nc4oc5ccccc5c34)cc2)cc1. The molecular weight excluding hydrogens is 761 g/mol. The van der Waals surface area contributed by atoms with Crippen LogP contribution in [0.3, 0.4) is 0 Å². The number of benzene rings is 8. The van der Waals surface area contributed by atoms with Crippen molar-refractivity contribution in [1.29, 1.82) is 0 Å². The van der Waals surface area contributed by atoms with Crippen LogP contribution in [0.5, 0.6) is 0 Å². The molecule has 0 amide bonds. The Bertz CT molecular complexity index is 3340. The standard InChI is InChI=1S/C56H34N4O2/c1-3-11-35(12-4-1)37-19-27-41(28-20-37)51-49-45-15-7-9-17-47(45)61-55(49)59-53(57-51)43-31-23-39(24-32-43)40-25-33-44(34-26-40)54-58-52(50-46-16-8-10-18-48(46)62-56(50)60-54)42-29-21-38(22-30-42)36-13-5-2-6-14-36/h1-34H. The van der Waals surface area contributed by atoms with Crippen LogP contribution in [-0.2, 0) is 0 Å². The van der Waals surface area contributed by atoms with Gasteiger partial charge in [0.1, 0.15) is 11.2 Å². The normalized spacial score (nSPS) is 11.5. The lowest BCUT2D eigenvalue weighted by molar-refractivity contribution is 0.653. The average Bonchev–Trinajstić information content (AvgIpc) is 3.93. The van der Waals surface area contributed by atoms with Gasteiger partial charge in [-0.1, -0.05) is 194 Å². The third-order valence-electron chi connectivity index (χ3n) is 11.6. The summed E-state index contributed by atoms with van der Waals surface area (Å²) in [5.41, 5.74) is 14.9. The van der Waals surface area contributed by atoms with Gasteiger partial charge in [0, 0.05) is 33.0 Å². The van der Waals surface area contributed by atoms with Crippen LogP contribution in [0.25, 0.3) is 123 Å². The van der Waals surface area contributed by atoms with Crippen molar-refractivity contribution < 1.29 is 8.83 Å². The van der Waals surface area contributed by atoms with Crippen LogP contribution in [0, 0.1) is 0 Å². The highest BCUT2D eigenvalue weighted by Crippen LogP contribution is 2.39. The Morgan fingerprint density at radius 3 is 0.903 bits per heavy atom. The van der Waals surface area contributed by atoms with Crippen LogP contribution < -0.4 is 0 Å². The Labute approximate surface area is 356 Å². The van der Waals surface area contributed by atoms with Crippen molar-refractivity contribution in [2.24, 2.45) is 0 Å². The van der Waals surface area contributed by atoms with Gasteiger partial charge in [0.2, 0.25) is 11.4 Å². The minimum Gasteiger partial charge on any atom is -0.438 e. The number of rotatable bonds is 7. The van der Waals surface area contributed by atoms with E-state index >= 15 is 0 Å². The fourth-order valence-corrected chi connectivity index (χ4v) is 8.45. The maximum absolute atomic E-state index is 6.34. The molecule has 0 aliphatic heterocycles. The molecule has 0 unspecified atom stereocenters. The average molecular weight is 795 g/mol. The third kappa shape index (κ3) is 6.21. The van der Waals surface area contributed by atoms with Gasteiger partial charge < -0.3 is 8.83 Å². The summed E-state index contributed by atoms with van der Waals surface area (Å²) in [7, 11) is 0. The number of fused-ring (bicyclic) bond motifs is 6. The van der Waals surface area contributed by atoms with E-state index in [4.69, 9.17) is 28.8 Å². The van der Waals surface area contributed by atoms with Crippen molar-refractivity contribution in [2.45, 2.75) is 0 Å². The summed E-state index contributed by atoms with van der Waals surface area (Å²) in [6.45, 7) is 0. The molecule has 0 aliphatic rings. The molecule has 0 spiro atoms. The number of hydrogen-bond acceptors (Lipinski definition) is 6. The van der Waals surface area contributed by atoms with Crippen molar-refractivity contribution in [3.63, 3.8) is 0 Å². The Kier molecular flexibility index (Phi) is 8.38. The van der Waals surface area contributed by atoms with E-state index in [0.717, 1.165) is 88.6 Å². The van der Waals surface area contributed by atoms with Gasteiger partial charge in [-0.2, -0.15) is 9.97 Å². The molecule has 0 radical (unpaired) electrons. The molecule has 6 nitrogen and oxygen atoms in total. The molecule has 12 rings (SSSR count). The number of hydrogen-bond donors (Lipinski definition) is 0. The molecular formula is C56H34N4O2. The lowest BCUT2D eigenvalue weighted by Gasteiger charge is -2.10. The second-order valence-corrected chi connectivity index (χ2v) is 15.4. The molecule has 8 aromatic carbocycles. The highest BCUT2D eigenvalue weighted by Gasteiger charge is 2.20. The Balaban J connectivity index is 0.877. The second kappa shape index (κ2) is 14.7. The van der Waals surface area contributed by atoms with Crippen molar-refractivity contribution in [2.75, 3.05) is 0 Å². The van der Waals surface area contributed by atoms with Crippen LogP contribution in [0.2, 0.25) is 0 Å². The van der Waals surface area contributed by atoms with Crippen molar-refractivity contribution in [3.05, 3.63) is 206 Å². The van der Waals surface area contributed by atoms with Crippen molar-refractivity contribution in [1.82, 2.24) is 19.9 Å². The second-order valence-electron chi connectivity index (χ2n) is 15.4. The first kappa shape index (κ1) is 35.5. The van der Waals surface area contributed by atoms with Crippen molar-refractivity contribution >= 4 is 44.1 Å². The molecule has 0 saturated heterocycles. The summed E-state index contributed by atoms with van der Waals surface area (Å²) in [6, 6.07) is 70.7. The molecule has 12 aromatic rings. The first-order valence-corrected chi connectivity index (χ1v) is 20.6. The first-order chi connectivity index (χ1) is 30.7. The van der Waals surface area contributed by atoms with Crippen LogP contribution in [0.4, 0.5) is 0 Å². The number of nitrogens with zero attached hydrogens (tertiary/aromatic N) is 4. The highest BCUT2D eigenvalue weighted by molar-refractivity contribution is 6.11. The van der Waals surface area contributed by atoms with Gasteiger partial charge in [-0.15, -0.1) is 0 Å². The van der Waals surface area contributed by atoms with E-state index in [2.05, 4.69) is 158 Å². The number of aromatic nitrogens is 4. The van der Waals surface area contributed by atoms with E-state index < -0.39 is 0 Å². The van der Waals surface area contributed by atoms with Crippen LogP contribution in [-0.4, -0.2) is 19.9 Å². The topological polar surface area (TPSA) is 77.8 Å². The lowest BCUT2D eigenvalue weighted by atomic mass is 10.00. The van der Waals surface area contributed by atoms with Crippen LogP contribution >= 0.6 is 0 Å². The Morgan fingerprint density at radius 2 is 0.532 bits per heavy atom. The molecule has 0 N–H and O–H groups in total. The maximum atomic E-state index is 6.34. The first-order valence-electron chi connectivity index (χ1n) is 20.6. The third-order valence-corrected chi connectivity index (χ3v) is 11.6. The summed E-state index contributed by atoms with van der Waals surface area (Å²) < 4.78 is 12.7. The predicted octanol–water partition coefficient (Wildman–Crippen LogP) is 14.7. The van der Waals surface area contributed by atoms with E-state index in [9.17, 15) is 0 Å². The predicted molar refractivity (Wildman–Crippen MR) is 250 cm³/mol. The lowest BCUT2D eigenvalue weighted by Crippen LogP contribution is -1.94. The summed E-state index contributed by atoms with van der Waals surface area (Å²) in [5.74, 6) is 1.20. The van der Waals surface area contributed by atoms with Gasteiger partial charge in [0.25, 0.3) is 0 Å². The minimum absolute atomic E-state index is 0.563. The van der Waals surface area contributed by atoms with Gasteiger partial charge in [-0.25, -0.2) is 9.97 Å². The molecule has 4 heterocycles. The Morgan fingerprint density at radius 1 is 0.242 bits per heavy atom. The van der Waals surface area contributed by atoms with E-state index in [1.165, 1.54) is 11.1 Å². The van der Waals surface area contributed by atoms with E-state index in [1.54, 1.807) is 0 Å². The molecule has 0 fully saturated rings. The summed E-state index contributed by atoms with van der Waals surface area (Å²) in [6.07, 6.45) is 0. The minimum atomic E-state index is 0.563. The largest absolute Gasteiger partial charge is 0.438 e. The quantitative estimate of drug-likeness (QED) is 0.160. The van der Waals surface area contributed by atoms with Gasteiger partial charge in [0.15, 0.2) is 11.6 Å². The van der Waals surface area contributed by atoms with E-state index in [1.807, 2.05) is 48.5 Å². The van der Waals surface area contributed by atoms with E-state index in [-0.39, 0.29) is 0 Å². The summed E-state index contributed by atoms with van der Waals surface area (Å²) in [5, 5.41) is 3.80. The zero-order chi connectivity index (χ0) is 41.0. The van der Waals surface area contributed by atoms with E-state index in [0.29, 0.717) is 23.1 Å². The van der Waals surface area contributed by atoms with Gasteiger partial charge in [-0.3, -0.25) is 0 Å². The molecule has 0 atom stereocenters. The molecule has 0 saturated carbocycles. The fraction of sp³-hybridized carbons (Fsp3) is 0. The summed E-state index contributed by atoms with van der Waals surface area (Å²) in [4.78, 5) is 20.3. The molecule has 62 heavy (non-hydrogen) atoms. The fourth-order valence-electron chi connectivity index (χ4n) is 8.45. The number of para-hydroxylation sites is 2. The van der Waals surface area contributed by atoms with Crippen LogP contribution in [0.15, 0.2) is 215 Å². The molecule has 0 bridgehead atoms. The molecule has 290 valence electrons. The van der Waals surface area contributed by atoms with Gasteiger partial charge in [0.05, 0.1) is 22.2 Å².